The molecule has 59 heavy (non-hydrogen) atoms. The predicted octanol–water partition coefficient (Wildman–Crippen LogP) is 12.3. The van der Waals surface area contributed by atoms with Gasteiger partial charge in [-0.2, -0.15) is 0 Å². The van der Waals surface area contributed by atoms with Gasteiger partial charge in [0, 0.05) is 6.42 Å². The Hall–Kier alpha value is -0.770. The predicted molar refractivity (Wildman–Crippen MR) is 248 cm³/mol. The van der Waals surface area contributed by atoms with Crippen molar-refractivity contribution in [2.75, 3.05) is 6.61 Å². The van der Waals surface area contributed by atoms with Gasteiger partial charge >= 0.3 is 0 Å². The van der Waals surface area contributed by atoms with E-state index >= 15 is 0 Å². The van der Waals surface area contributed by atoms with Crippen LogP contribution in [0.25, 0.3) is 0 Å². The second-order valence-electron chi connectivity index (χ2n) is 18.8. The normalized spacial score (nSPS) is 20.1. The second-order valence-corrected chi connectivity index (χ2v) is 18.8. The van der Waals surface area contributed by atoms with Gasteiger partial charge in [0.2, 0.25) is 5.91 Å². The van der Waals surface area contributed by atoms with E-state index in [4.69, 9.17) is 4.74 Å². The number of hydrogen-bond acceptors (Lipinski definition) is 7. The van der Waals surface area contributed by atoms with Gasteiger partial charge in [0.25, 0.3) is 0 Å². The molecule has 1 rings (SSSR count). The lowest BCUT2D eigenvalue weighted by Gasteiger charge is -2.31. The zero-order valence-electron chi connectivity index (χ0n) is 39.1. The number of aliphatic hydroxyl groups excluding tert-OH is 5. The summed E-state index contributed by atoms with van der Waals surface area (Å²) < 4.78 is 5.99. The molecule has 0 radical (unpaired) electrons. The molecule has 0 aromatic carbocycles. The number of hydrogen-bond donors (Lipinski definition) is 6. The highest BCUT2D eigenvalue weighted by molar-refractivity contribution is 5.76. The molecular formula is C51H101NO7. The molecule has 1 aliphatic rings. The molecule has 1 amide bonds. The molecule has 8 heteroatoms. The molecule has 0 aliphatic heterocycles. The van der Waals surface area contributed by atoms with Crippen LogP contribution in [0.2, 0.25) is 0 Å². The van der Waals surface area contributed by atoms with Crippen molar-refractivity contribution in [1.82, 2.24) is 5.32 Å². The first-order valence-electron chi connectivity index (χ1n) is 26.1. The summed E-state index contributed by atoms with van der Waals surface area (Å²) in [6.45, 7) is 4.45. The van der Waals surface area contributed by atoms with E-state index in [9.17, 15) is 30.3 Å². The van der Waals surface area contributed by atoms with Crippen molar-refractivity contribution >= 4 is 5.91 Å². The molecule has 1 unspecified atom stereocenters. The van der Waals surface area contributed by atoms with Gasteiger partial charge in [0.1, 0.15) is 18.3 Å². The van der Waals surface area contributed by atoms with Crippen LogP contribution < -0.4 is 5.32 Å². The van der Waals surface area contributed by atoms with Crippen molar-refractivity contribution < 1.29 is 35.1 Å². The van der Waals surface area contributed by atoms with E-state index in [0.717, 1.165) is 38.5 Å². The highest BCUT2D eigenvalue weighted by atomic mass is 16.5. The van der Waals surface area contributed by atoms with E-state index in [1.165, 1.54) is 186 Å². The van der Waals surface area contributed by atoms with Crippen molar-refractivity contribution in [3.8, 4) is 0 Å². The van der Waals surface area contributed by atoms with Gasteiger partial charge in [-0.15, -0.1) is 0 Å². The van der Waals surface area contributed by atoms with Crippen LogP contribution in [0.5, 0.6) is 0 Å². The maximum Gasteiger partial charge on any atom is 0.220 e. The summed E-state index contributed by atoms with van der Waals surface area (Å²) in [6, 6.07) is -0.836. The van der Waals surface area contributed by atoms with Crippen molar-refractivity contribution in [3.63, 3.8) is 0 Å². The summed E-state index contributed by atoms with van der Waals surface area (Å²) in [5.41, 5.74) is 0. The van der Waals surface area contributed by atoms with E-state index in [2.05, 4.69) is 19.2 Å². The van der Waals surface area contributed by atoms with Gasteiger partial charge in [-0.05, 0) is 32.1 Å². The van der Waals surface area contributed by atoms with E-state index < -0.39 is 42.7 Å². The summed E-state index contributed by atoms with van der Waals surface area (Å²) in [4.78, 5) is 13.1. The molecular weight excluding hydrogens is 739 g/mol. The third-order valence-corrected chi connectivity index (χ3v) is 13.1. The van der Waals surface area contributed by atoms with E-state index in [1.807, 2.05) is 0 Å². The van der Waals surface area contributed by atoms with Crippen LogP contribution in [0, 0.1) is 0 Å². The Morgan fingerprint density at radius 1 is 0.508 bits per heavy atom. The molecule has 0 spiro atoms. The quantitative estimate of drug-likeness (QED) is 0.0265. The van der Waals surface area contributed by atoms with Crippen LogP contribution in [0.4, 0.5) is 0 Å². The molecule has 0 heterocycles. The van der Waals surface area contributed by atoms with Crippen molar-refractivity contribution in [1.29, 1.82) is 0 Å². The van der Waals surface area contributed by atoms with Crippen LogP contribution in [0.15, 0.2) is 0 Å². The number of carbonyl (C=O) groups is 1. The molecule has 1 saturated carbocycles. The van der Waals surface area contributed by atoms with Gasteiger partial charge in [-0.1, -0.05) is 232 Å². The topological polar surface area (TPSA) is 139 Å². The lowest BCUT2D eigenvalue weighted by atomic mass is 9.98. The third-order valence-electron chi connectivity index (χ3n) is 13.1. The number of nitrogens with one attached hydrogen (secondary N) is 1. The summed E-state index contributed by atoms with van der Waals surface area (Å²) in [5, 5.41) is 56.1. The molecule has 352 valence electrons. The molecule has 6 N–H and O–H groups in total. The minimum absolute atomic E-state index is 0.0909. The van der Waals surface area contributed by atoms with Crippen LogP contribution >= 0.6 is 0 Å². The standard InChI is InChI=1S/C51H101NO7/c1-3-5-7-9-11-13-15-17-18-19-20-21-22-23-24-25-26-27-29-31-33-35-37-42-48(55)52-44(43-59-47-41-38-40-46(54)50(57)51(47)58)49(56)45(53)39-36-34-32-30-28-16-14-12-10-8-6-4-2/h44-47,49-51,53-54,56-58H,3-43H2,1-2H3,(H,52,55)/t44-,45+,46+,47?,49-,50+,51+/m1/s1. The Balaban J connectivity index is 2.23. The largest absolute Gasteiger partial charge is 0.390 e. The SMILES string of the molecule is CCCCCCCCCCCCCCCCCCCCCCCCCC(=O)N[C@H](COC1CCC[C@H](O)[C@H](O)[C@H]1O)[C@@H](O)[C@@H](O)CCCCCCCCCCCCCC. The third kappa shape index (κ3) is 32.6. The Kier molecular flexibility index (Phi) is 39.3. The van der Waals surface area contributed by atoms with Gasteiger partial charge < -0.3 is 35.6 Å². The number of ether oxygens (including phenoxy) is 1. The average molecular weight is 840 g/mol. The van der Waals surface area contributed by atoms with Crippen LogP contribution in [-0.2, 0) is 9.53 Å². The van der Waals surface area contributed by atoms with Crippen molar-refractivity contribution in [2.45, 2.75) is 313 Å². The lowest BCUT2D eigenvalue weighted by molar-refractivity contribution is -0.132. The highest BCUT2D eigenvalue weighted by Gasteiger charge is 2.36. The van der Waals surface area contributed by atoms with Gasteiger partial charge in [-0.3, -0.25) is 4.79 Å². The van der Waals surface area contributed by atoms with Crippen LogP contribution in [-0.4, -0.2) is 80.7 Å². The van der Waals surface area contributed by atoms with Gasteiger partial charge in [0.15, 0.2) is 0 Å². The number of rotatable bonds is 43. The van der Waals surface area contributed by atoms with Gasteiger partial charge in [-0.25, -0.2) is 0 Å². The van der Waals surface area contributed by atoms with Crippen molar-refractivity contribution in [2.24, 2.45) is 0 Å². The molecule has 8 nitrogen and oxygen atoms in total. The first-order valence-corrected chi connectivity index (χ1v) is 26.1. The summed E-state index contributed by atoms with van der Waals surface area (Å²) in [7, 11) is 0. The van der Waals surface area contributed by atoms with Crippen LogP contribution in [0.3, 0.4) is 0 Å². The second kappa shape index (κ2) is 41.3. The lowest BCUT2D eigenvalue weighted by Crippen LogP contribution is -2.52. The Morgan fingerprint density at radius 2 is 0.864 bits per heavy atom. The summed E-state index contributed by atoms with van der Waals surface area (Å²) in [5.74, 6) is -0.171. The monoisotopic (exact) mass is 840 g/mol. The van der Waals surface area contributed by atoms with E-state index in [1.54, 1.807) is 0 Å². The minimum atomic E-state index is -1.31. The van der Waals surface area contributed by atoms with Crippen LogP contribution in [0.1, 0.15) is 271 Å². The highest BCUT2D eigenvalue weighted by Crippen LogP contribution is 2.23. The average Bonchev–Trinajstić information content (AvgIpc) is 3.35. The molecule has 0 saturated heterocycles. The fourth-order valence-electron chi connectivity index (χ4n) is 8.94. The minimum Gasteiger partial charge on any atom is -0.390 e. The number of amides is 1. The Labute approximate surface area is 365 Å². The molecule has 1 aliphatic carbocycles. The first-order chi connectivity index (χ1) is 28.8. The maximum absolute atomic E-state index is 13.1. The number of carbonyl (C=O) groups excluding carboxylic acids is 1. The molecule has 0 aromatic heterocycles. The molecule has 0 bridgehead atoms. The number of unbranched alkanes of at least 4 members (excludes halogenated alkanes) is 33. The molecule has 0 aromatic rings. The molecule has 7 atom stereocenters. The van der Waals surface area contributed by atoms with Gasteiger partial charge in [0.05, 0.1) is 31.0 Å². The smallest absolute Gasteiger partial charge is 0.220 e. The van der Waals surface area contributed by atoms with E-state index in [0.29, 0.717) is 32.1 Å². The zero-order chi connectivity index (χ0) is 43.0. The van der Waals surface area contributed by atoms with E-state index in [-0.39, 0.29) is 12.5 Å². The fraction of sp³-hybridized carbons (Fsp3) is 0.980. The summed E-state index contributed by atoms with van der Waals surface area (Å²) in [6.07, 6.45) is 40.9. The zero-order valence-corrected chi connectivity index (χ0v) is 39.1. The number of aliphatic hydroxyl groups is 5. The summed E-state index contributed by atoms with van der Waals surface area (Å²) >= 11 is 0. The Bertz CT molecular complexity index is 892. The fourth-order valence-corrected chi connectivity index (χ4v) is 8.94. The van der Waals surface area contributed by atoms with Crippen molar-refractivity contribution in [3.05, 3.63) is 0 Å². The Morgan fingerprint density at radius 3 is 1.25 bits per heavy atom. The first kappa shape index (κ1) is 56.2. The molecule has 1 fully saturated rings. The maximum atomic E-state index is 13.1.